The molecule has 2 saturated heterocycles. The van der Waals surface area contributed by atoms with E-state index in [0.717, 1.165) is 57.9 Å². The molecule has 0 aliphatic carbocycles. The molecule has 1 aromatic heterocycles. The van der Waals surface area contributed by atoms with Crippen LogP contribution < -0.4 is 20.4 Å². The molecule has 5 rings (SSSR count). The monoisotopic (exact) mass is 489 g/mol. The van der Waals surface area contributed by atoms with Crippen molar-refractivity contribution >= 4 is 35.1 Å². The van der Waals surface area contributed by atoms with E-state index in [1.54, 1.807) is 12.1 Å². The average Bonchev–Trinajstić information content (AvgIpc) is 2.89. The molecule has 2 fully saturated rings. The molecule has 2 aromatic carbocycles. The molecule has 10 nitrogen and oxygen atoms in total. The molecule has 0 saturated carbocycles. The Morgan fingerprint density at radius 3 is 1.97 bits per heavy atom. The third-order valence-electron chi connectivity index (χ3n) is 6.49. The summed E-state index contributed by atoms with van der Waals surface area (Å²) in [5, 5.41) is 25.5. The minimum absolute atomic E-state index is 0.0703. The molecule has 0 atom stereocenters. The van der Waals surface area contributed by atoms with E-state index in [9.17, 15) is 15.0 Å². The summed E-state index contributed by atoms with van der Waals surface area (Å²) >= 11 is 0. The van der Waals surface area contributed by atoms with Crippen molar-refractivity contribution in [1.82, 2.24) is 15.0 Å². The summed E-state index contributed by atoms with van der Waals surface area (Å²) in [5.74, 6) is 0.971. The van der Waals surface area contributed by atoms with Crippen molar-refractivity contribution in [3.8, 4) is 11.5 Å². The van der Waals surface area contributed by atoms with E-state index in [0.29, 0.717) is 29.2 Å². The lowest BCUT2D eigenvalue weighted by atomic mass is 10.1. The lowest BCUT2D eigenvalue weighted by Crippen LogP contribution is -2.34. The summed E-state index contributed by atoms with van der Waals surface area (Å²) in [4.78, 5) is 31.4. The molecule has 188 valence electrons. The van der Waals surface area contributed by atoms with Gasteiger partial charge >= 0.3 is 0 Å². The average molecular weight is 490 g/mol. The van der Waals surface area contributed by atoms with Crippen molar-refractivity contribution in [2.24, 2.45) is 0 Å². The molecule has 10 heteroatoms. The highest BCUT2D eigenvalue weighted by atomic mass is 16.3. The van der Waals surface area contributed by atoms with Crippen LogP contribution in [0.2, 0.25) is 0 Å². The van der Waals surface area contributed by atoms with Gasteiger partial charge in [-0.1, -0.05) is 6.07 Å². The number of phenols is 2. The zero-order valence-corrected chi connectivity index (χ0v) is 20.2. The van der Waals surface area contributed by atoms with E-state index in [2.05, 4.69) is 20.4 Å². The molecule has 4 N–H and O–H groups in total. The first-order chi connectivity index (χ1) is 17.5. The highest BCUT2D eigenvalue weighted by molar-refractivity contribution is 6.06. The first-order valence-electron chi connectivity index (χ1n) is 12.5. The number of aromatic nitrogens is 3. The van der Waals surface area contributed by atoms with Gasteiger partial charge in [0.1, 0.15) is 11.5 Å². The molecular formula is C26H31N7O3. The Labute approximate surface area is 210 Å². The second kappa shape index (κ2) is 10.7. The van der Waals surface area contributed by atoms with Gasteiger partial charge in [-0.15, -0.1) is 0 Å². The molecule has 0 unspecified atom stereocenters. The number of anilines is 5. The SMILES string of the molecule is O=C(Nc1cccc(Nc2nc(N3CCCCC3)nc(N3CCCCC3)n2)c1)c1ccc(O)cc1O. The Bertz CT molecular complexity index is 1190. The minimum atomic E-state index is -0.482. The van der Waals surface area contributed by atoms with Gasteiger partial charge in [-0.2, -0.15) is 15.0 Å². The maximum absolute atomic E-state index is 12.6. The quantitative estimate of drug-likeness (QED) is 0.402. The summed E-state index contributed by atoms with van der Waals surface area (Å²) in [6.45, 7) is 3.76. The standard InChI is InChI=1S/C26H31N7O3/c34-20-10-11-21(22(35)17-20)23(36)27-18-8-7-9-19(16-18)28-24-29-25(32-12-3-1-4-13-32)31-26(30-24)33-14-5-2-6-15-33/h7-11,16-17,34-35H,1-6,12-15H2,(H,27,36)(H,28,29,30,31). The Hall–Kier alpha value is -4.08. The number of nitrogens with one attached hydrogen (secondary N) is 2. The topological polar surface area (TPSA) is 127 Å². The zero-order valence-electron chi connectivity index (χ0n) is 20.2. The third kappa shape index (κ3) is 5.59. The maximum atomic E-state index is 12.6. The van der Waals surface area contributed by atoms with Crippen molar-refractivity contribution in [2.45, 2.75) is 38.5 Å². The van der Waals surface area contributed by atoms with Crippen molar-refractivity contribution in [3.05, 3.63) is 48.0 Å². The van der Waals surface area contributed by atoms with Crippen molar-refractivity contribution < 1.29 is 15.0 Å². The highest BCUT2D eigenvalue weighted by Crippen LogP contribution is 2.26. The lowest BCUT2D eigenvalue weighted by Gasteiger charge is -2.30. The zero-order chi connectivity index (χ0) is 24.9. The predicted octanol–water partition coefficient (Wildman–Crippen LogP) is 4.26. The first-order valence-corrected chi connectivity index (χ1v) is 12.5. The van der Waals surface area contributed by atoms with Gasteiger partial charge in [-0.3, -0.25) is 4.79 Å². The predicted molar refractivity (Wildman–Crippen MR) is 139 cm³/mol. The Balaban J connectivity index is 1.37. The third-order valence-corrected chi connectivity index (χ3v) is 6.49. The number of hydrogen-bond acceptors (Lipinski definition) is 9. The number of amides is 1. The number of rotatable bonds is 6. The van der Waals surface area contributed by atoms with Crippen LogP contribution in [0.25, 0.3) is 0 Å². The number of benzene rings is 2. The number of carbonyl (C=O) groups excluding carboxylic acids is 1. The van der Waals surface area contributed by atoms with Gasteiger partial charge in [-0.25, -0.2) is 0 Å². The van der Waals surface area contributed by atoms with E-state index in [1.807, 2.05) is 12.1 Å². The Morgan fingerprint density at radius 1 is 0.750 bits per heavy atom. The molecule has 3 heterocycles. The largest absolute Gasteiger partial charge is 0.508 e. The smallest absolute Gasteiger partial charge is 0.259 e. The van der Waals surface area contributed by atoms with E-state index < -0.39 is 5.91 Å². The number of phenolic OH excluding ortho intramolecular Hbond substituents is 2. The van der Waals surface area contributed by atoms with Gasteiger partial charge in [0.25, 0.3) is 5.91 Å². The summed E-state index contributed by atoms with van der Waals surface area (Å²) in [6.07, 6.45) is 6.98. The molecule has 0 spiro atoms. The number of piperidine rings is 2. The Kier molecular flexibility index (Phi) is 7.01. The fourth-order valence-corrected chi connectivity index (χ4v) is 4.59. The van der Waals surface area contributed by atoms with E-state index in [1.165, 1.54) is 25.0 Å². The highest BCUT2D eigenvalue weighted by Gasteiger charge is 2.20. The number of nitrogens with zero attached hydrogens (tertiary/aromatic N) is 5. The number of aromatic hydroxyl groups is 2. The van der Waals surface area contributed by atoms with Gasteiger partial charge in [0.05, 0.1) is 5.56 Å². The van der Waals surface area contributed by atoms with Crippen LogP contribution in [0.15, 0.2) is 42.5 Å². The number of hydrogen-bond donors (Lipinski definition) is 4. The molecule has 1 amide bonds. The van der Waals surface area contributed by atoms with Crippen LogP contribution in [0.1, 0.15) is 48.9 Å². The van der Waals surface area contributed by atoms with Crippen molar-refractivity contribution in [1.29, 1.82) is 0 Å². The molecule has 3 aromatic rings. The molecule has 36 heavy (non-hydrogen) atoms. The molecule has 0 radical (unpaired) electrons. The molecular weight excluding hydrogens is 458 g/mol. The number of carbonyl (C=O) groups is 1. The van der Waals surface area contributed by atoms with Crippen molar-refractivity contribution in [2.75, 3.05) is 46.6 Å². The second-order valence-corrected chi connectivity index (χ2v) is 9.22. The molecule has 2 aliphatic rings. The van der Waals surface area contributed by atoms with Crippen LogP contribution in [-0.4, -0.2) is 57.3 Å². The van der Waals surface area contributed by atoms with Gasteiger partial charge in [0.15, 0.2) is 0 Å². The van der Waals surface area contributed by atoms with E-state index in [-0.39, 0.29) is 17.1 Å². The Morgan fingerprint density at radius 2 is 1.36 bits per heavy atom. The van der Waals surface area contributed by atoms with E-state index >= 15 is 0 Å². The van der Waals surface area contributed by atoms with Crippen LogP contribution in [0, 0.1) is 0 Å². The van der Waals surface area contributed by atoms with Gasteiger partial charge in [-0.05, 0) is 68.9 Å². The van der Waals surface area contributed by atoms with Gasteiger partial charge in [0, 0.05) is 43.6 Å². The van der Waals surface area contributed by atoms with Crippen LogP contribution in [-0.2, 0) is 0 Å². The summed E-state index contributed by atoms with van der Waals surface area (Å²) in [5.41, 5.74) is 1.32. The van der Waals surface area contributed by atoms with Crippen LogP contribution >= 0.6 is 0 Å². The van der Waals surface area contributed by atoms with Gasteiger partial charge < -0.3 is 30.6 Å². The van der Waals surface area contributed by atoms with Crippen LogP contribution in [0.3, 0.4) is 0 Å². The summed E-state index contributed by atoms with van der Waals surface area (Å²) in [6, 6.07) is 11.1. The molecule has 2 aliphatic heterocycles. The fraction of sp³-hybridized carbons (Fsp3) is 0.385. The van der Waals surface area contributed by atoms with Crippen molar-refractivity contribution in [3.63, 3.8) is 0 Å². The van der Waals surface area contributed by atoms with Crippen LogP contribution in [0.5, 0.6) is 11.5 Å². The minimum Gasteiger partial charge on any atom is -0.508 e. The summed E-state index contributed by atoms with van der Waals surface area (Å²) < 4.78 is 0. The first kappa shape index (κ1) is 23.7. The van der Waals surface area contributed by atoms with Gasteiger partial charge in [0.2, 0.25) is 17.8 Å². The lowest BCUT2D eigenvalue weighted by molar-refractivity contribution is 0.102. The fourth-order valence-electron chi connectivity index (χ4n) is 4.59. The maximum Gasteiger partial charge on any atom is 0.259 e. The van der Waals surface area contributed by atoms with Crippen LogP contribution in [0.4, 0.5) is 29.2 Å². The molecule has 0 bridgehead atoms. The normalized spacial score (nSPS) is 16.0. The summed E-state index contributed by atoms with van der Waals surface area (Å²) in [7, 11) is 0. The second-order valence-electron chi connectivity index (χ2n) is 9.22. The van der Waals surface area contributed by atoms with E-state index in [4.69, 9.17) is 15.0 Å².